The van der Waals surface area contributed by atoms with Crippen LogP contribution in [-0.4, -0.2) is 17.4 Å². The van der Waals surface area contributed by atoms with Crippen molar-refractivity contribution in [3.63, 3.8) is 0 Å². The number of rotatable bonds is 5. The van der Waals surface area contributed by atoms with Crippen molar-refractivity contribution in [3.8, 4) is 12.1 Å². The zero-order chi connectivity index (χ0) is 15.1. The van der Waals surface area contributed by atoms with Crippen LogP contribution in [0.25, 0.3) is 0 Å². The number of hydrogen-bond acceptors (Lipinski definition) is 4. The fraction of sp³-hybridized carbons (Fsp3) is 0.188. The summed E-state index contributed by atoms with van der Waals surface area (Å²) in [5, 5.41) is 17.6. The fourth-order valence-electron chi connectivity index (χ4n) is 1.93. The predicted molar refractivity (Wildman–Crippen MR) is 74.8 cm³/mol. The molecule has 0 saturated carbocycles. The van der Waals surface area contributed by atoms with Crippen LogP contribution in [0.15, 0.2) is 47.1 Å². The van der Waals surface area contributed by atoms with E-state index in [9.17, 15) is 4.79 Å². The van der Waals surface area contributed by atoms with Gasteiger partial charge in [0.1, 0.15) is 5.76 Å². The number of furan rings is 1. The highest BCUT2D eigenvalue weighted by Crippen LogP contribution is 2.12. The molecule has 0 radical (unpaired) electrons. The highest BCUT2D eigenvalue weighted by atomic mass is 16.3. The minimum absolute atomic E-state index is 0.223. The van der Waals surface area contributed by atoms with Gasteiger partial charge in [-0.25, -0.2) is 0 Å². The van der Waals surface area contributed by atoms with E-state index in [1.165, 1.54) is 0 Å². The van der Waals surface area contributed by atoms with Gasteiger partial charge in [0.2, 0.25) is 0 Å². The van der Waals surface area contributed by atoms with Gasteiger partial charge in [-0.15, -0.1) is 0 Å². The largest absolute Gasteiger partial charge is 0.467 e. The maximum atomic E-state index is 12.5. The van der Waals surface area contributed by atoms with Gasteiger partial charge in [-0.2, -0.15) is 10.5 Å². The maximum absolute atomic E-state index is 12.5. The summed E-state index contributed by atoms with van der Waals surface area (Å²) in [6, 6.07) is 14.1. The van der Waals surface area contributed by atoms with Crippen LogP contribution in [-0.2, 0) is 6.54 Å². The summed E-state index contributed by atoms with van der Waals surface area (Å²) < 4.78 is 5.25. The summed E-state index contributed by atoms with van der Waals surface area (Å²) in [4.78, 5) is 14.1. The predicted octanol–water partition coefficient (Wildman–Crippen LogP) is 2.71. The van der Waals surface area contributed by atoms with E-state index < -0.39 is 0 Å². The van der Waals surface area contributed by atoms with E-state index in [1.54, 1.807) is 47.6 Å². The van der Waals surface area contributed by atoms with Crippen molar-refractivity contribution >= 4 is 5.91 Å². The highest BCUT2D eigenvalue weighted by molar-refractivity contribution is 5.94. The molecule has 0 aliphatic heterocycles. The molecule has 1 aromatic carbocycles. The van der Waals surface area contributed by atoms with Crippen LogP contribution < -0.4 is 0 Å². The molecule has 0 unspecified atom stereocenters. The Hall–Kier alpha value is -3.05. The molecule has 0 fully saturated rings. The molecule has 5 nitrogen and oxygen atoms in total. The topological polar surface area (TPSA) is 81.0 Å². The Balaban J connectivity index is 2.20. The average Bonchev–Trinajstić information content (AvgIpc) is 3.03. The first kappa shape index (κ1) is 14.4. The first-order valence-corrected chi connectivity index (χ1v) is 6.43. The van der Waals surface area contributed by atoms with E-state index >= 15 is 0 Å². The van der Waals surface area contributed by atoms with Crippen molar-refractivity contribution in [1.82, 2.24) is 4.90 Å². The van der Waals surface area contributed by atoms with Crippen LogP contribution in [0.2, 0.25) is 0 Å². The third-order valence-electron chi connectivity index (χ3n) is 2.95. The van der Waals surface area contributed by atoms with Gasteiger partial charge in [0.05, 0.1) is 36.9 Å². The molecule has 104 valence electrons. The molecule has 0 saturated heterocycles. The third-order valence-corrected chi connectivity index (χ3v) is 2.95. The lowest BCUT2D eigenvalue weighted by Crippen LogP contribution is -2.31. The summed E-state index contributed by atoms with van der Waals surface area (Å²) in [5.41, 5.74) is 0.859. The molecule has 0 aliphatic carbocycles. The quantitative estimate of drug-likeness (QED) is 0.842. The Kier molecular flexibility index (Phi) is 4.74. The van der Waals surface area contributed by atoms with Crippen LogP contribution >= 0.6 is 0 Å². The molecule has 1 aromatic heterocycles. The van der Waals surface area contributed by atoms with Gasteiger partial charge in [-0.3, -0.25) is 4.79 Å². The van der Waals surface area contributed by atoms with Gasteiger partial charge in [-0.05, 0) is 30.3 Å². The Morgan fingerprint density at radius 2 is 2.10 bits per heavy atom. The number of hydrogen-bond donors (Lipinski definition) is 0. The normalized spacial score (nSPS) is 9.62. The summed E-state index contributed by atoms with van der Waals surface area (Å²) in [6.07, 6.45) is 1.78. The zero-order valence-electron chi connectivity index (χ0n) is 11.3. The molecule has 0 aliphatic rings. The second-order valence-corrected chi connectivity index (χ2v) is 4.41. The minimum atomic E-state index is -0.223. The average molecular weight is 279 g/mol. The fourth-order valence-corrected chi connectivity index (χ4v) is 1.93. The highest BCUT2D eigenvalue weighted by Gasteiger charge is 2.17. The SMILES string of the molecule is N#CCCN(Cc1ccco1)C(=O)c1cccc(C#N)c1. The van der Waals surface area contributed by atoms with Crippen LogP contribution in [0.4, 0.5) is 0 Å². The molecule has 5 heteroatoms. The van der Waals surface area contributed by atoms with E-state index in [0.29, 0.717) is 30.0 Å². The van der Waals surface area contributed by atoms with Crippen molar-refractivity contribution < 1.29 is 9.21 Å². The summed E-state index contributed by atoms with van der Waals surface area (Å²) in [6.45, 7) is 0.608. The summed E-state index contributed by atoms with van der Waals surface area (Å²) >= 11 is 0. The molecule has 2 rings (SSSR count). The molecule has 1 heterocycles. The zero-order valence-corrected chi connectivity index (χ0v) is 11.3. The number of amides is 1. The van der Waals surface area contributed by atoms with Crippen molar-refractivity contribution in [2.75, 3.05) is 6.54 Å². The lowest BCUT2D eigenvalue weighted by atomic mass is 10.1. The minimum Gasteiger partial charge on any atom is -0.467 e. The molecule has 0 N–H and O–H groups in total. The summed E-state index contributed by atoms with van der Waals surface area (Å²) in [5.74, 6) is 0.427. The monoisotopic (exact) mass is 279 g/mol. The van der Waals surface area contributed by atoms with Gasteiger partial charge in [0, 0.05) is 12.1 Å². The van der Waals surface area contributed by atoms with E-state index in [4.69, 9.17) is 14.9 Å². The molecule has 21 heavy (non-hydrogen) atoms. The second-order valence-electron chi connectivity index (χ2n) is 4.41. The third kappa shape index (κ3) is 3.71. The first-order chi connectivity index (χ1) is 10.2. The molecule has 0 bridgehead atoms. The smallest absolute Gasteiger partial charge is 0.254 e. The lowest BCUT2D eigenvalue weighted by Gasteiger charge is -2.20. The standard InChI is InChI=1S/C16H13N3O2/c17-7-3-8-19(12-15-6-2-9-21-15)16(20)14-5-1-4-13(10-14)11-18/h1-2,4-6,9-10H,3,8,12H2. The van der Waals surface area contributed by atoms with Crippen molar-refractivity contribution in [3.05, 3.63) is 59.5 Å². The Morgan fingerprint density at radius 3 is 2.76 bits per heavy atom. The Bertz CT molecular complexity index is 693. The molecular weight excluding hydrogens is 266 g/mol. The summed E-state index contributed by atoms with van der Waals surface area (Å²) in [7, 11) is 0. The maximum Gasteiger partial charge on any atom is 0.254 e. The van der Waals surface area contributed by atoms with Crippen LogP contribution in [0, 0.1) is 22.7 Å². The number of carbonyl (C=O) groups is 1. The van der Waals surface area contributed by atoms with Crippen LogP contribution in [0.5, 0.6) is 0 Å². The van der Waals surface area contributed by atoms with Crippen molar-refractivity contribution in [1.29, 1.82) is 10.5 Å². The number of benzene rings is 1. The van der Waals surface area contributed by atoms with Crippen LogP contribution in [0.1, 0.15) is 28.1 Å². The molecule has 1 amide bonds. The van der Waals surface area contributed by atoms with Gasteiger partial charge >= 0.3 is 0 Å². The number of nitrogens with zero attached hydrogens (tertiary/aromatic N) is 3. The van der Waals surface area contributed by atoms with E-state index in [0.717, 1.165) is 0 Å². The van der Waals surface area contributed by atoms with Crippen molar-refractivity contribution in [2.45, 2.75) is 13.0 Å². The van der Waals surface area contributed by atoms with Gasteiger partial charge < -0.3 is 9.32 Å². The second kappa shape index (κ2) is 6.93. The van der Waals surface area contributed by atoms with Gasteiger partial charge in [0.15, 0.2) is 0 Å². The van der Waals surface area contributed by atoms with Gasteiger partial charge in [-0.1, -0.05) is 6.07 Å². The number of nitriles is 2. The Morgan fingerprint density at radius 1 is 1.24 bits per heavy atom. The molecular formula is C16H13N3O2. The number of carbonyl (C=O) groups excluding carboxylic acids is 1. The van der Waals surface area contributed by atoms with Crippen LogP contribution in [0.3, 0.4) is 0 Å². The lowest BCUT2D eigenvalue weighted by molar-refractivity contribution is 0.0735. The first-order valence-electron chi connectivity index (χ1n) is 6.43. The van der Waals surface area contributed by atoms with E-state index in [2.05, 4.69) is 0 Å². The Labute approximate surface area is 122 Å². The molecule has 0 spiro atoms. The van der Waals surface area contributed by atoms with Crippen molar-refractivity contribution in [2.24, 2.45) is 0 Å². The van der Waals surface area contributed by atoms with E-state index in [1.807, 2.05) is 12.1 Å². The van der Waals surface area contributed by atoms with E-state index in [-0.39, 0.29) is 12.3 Å². The molecule has 2 aromatic rings. The van der Waals surface area contributed by atoms with Gasteiger partial charge in [0.25, 0.3) is 5.91 Å². The molecule has 0 atom stereocenters.